The fraction of sp³-hybridized carbons (Fsp3) is 0.133. The van der Waals surface area contributed by atoms with Gasteiger partial charge in [-0.2, -0.15) is 0 Å². The van der Waals surface area contributed by atoms with Crippen LogP contribution >= 0.6 is 15.9 Å². The minimum atomic E-state index is 0.801. The van der Waals surface area contributed by atoms with E-state index in [9.17, 15) is 0 Å². The molecule has 3 heteroatoms. The number of hydrogen-bond donors (Lipinski definition) is 0. The van der Waals surface area contributed by atoms with E-state index in [1.54, 1.807) is 0 Å². The SMILES string of the molecule is BrCc1cn(Cc2cccc3ccccc23)cn1. The van der Waals surface area contributed by atoms with Gasteiger partial charge in [0.1, 0.15) is 0 Å². The minimum Gasteiger partial charge on any atom is -0.333 e. The molecule has 0 N–H and O–H groups in total. The number of aromatic nitrogens is 2. The molecule has 2 aromatic carbocycles. The Hall–Kier alpha value is -1.61. The van der Waals surface area contributed by atoms with Crippen LogP contribution < -0.4 is 0 Å². The van der Waals surface area contributed by atoms with Crippen molar-refractivity contribution in [2.24, 2.45) is 0 Å². The van der Waals surface area contributed by atoms with Gasteiger partial charge < -0.3 is 4.57 Å². The maximum atomic E-state index is 4.33. The zero-order valence-electron chi connectivity index (χ0n) is 9.88. The number of hydrogen-bond acceptors (Lipinski definition) is 1. The summed E-state index contributed by atoms with van der Waals surface area (Å²) in [6.45, 7) is 0.862. The van der Waals surface area contributed by atoms with Crippen LogP contribution in [0.15, 0.2) is 55.0 Å². The summed E-state index contributed by atoms with van der Waals surface area (Å²) in [4.78, 5) is 4.33. The maximum absolute atomic E-state index is 4.33. The fourth-order valence-electron chi connectivity index (χ4n) is 2.19. The molecule has 90 valence electrons. The topological polar surface area (TPSA) is 17.8 Å². The van der Waals surface area contributed by atoms with Crippen molar-refractivity contribution in [3.05, 3.63) is 66.2 Å². The highest BCUT2D eigenvalue weighted by Gasteiger charge is 2.02. The number of nitrogens with zero attached hydrogens (tertiary/aromatic N) is 2. The summed E-state index contributed by atoms with van der Waals surface area (Å²) in [6, 6.07) is 14.9. The molecular weight excluding hydrogens is 288 g/mol. The van der Waals surface area contributed by atoms with Crippen LogP contribution in [0.1, 0.15) is 11.3 Å². The summed E-state index contributed by atoms with van der Waals surface area (Å²) in [7, 11) is 0. The molecule has 2 nitrogen and oxygen atoms in total. The molecule has 3 aromatic rings. The van der Waals surface area contributed by atoms with Crippen LogP contribution in [-0.4, -0.2) is 9.55 Å². The van der Waals surface area contributed by atoms with Crippen molar-refractivity contribution in [3.8, 4) is 0 Å². The van der Waals surface area contributed by atoms with Gasteiger partial charge >= 0.3 is 0 Å². The lowest BCUT2D eigenvalue weighted by atomic mass is 10.0. The van der Waals surface area contributed by atoms with E-state index >= 15 is 0 Å². The average molecular weight is 301 g/mol. The standard InChI is InChI=1S/C15H13BrN2/c16-8-14-10-18(11-17-14)9-13-6-3-5-12-4-1-2-7-15(12)13/h1-7,10-11H,8-9H2. The first kappa shape index (κ1) is 11.5. The molecule has 0 spiro atoms. The maximum Gasteiger partial charge on any atom is 0.0952 e. The van der Waals surface area contributed by atoms with Crippen molar-refractivity contribution in [3.63, 3.8) is 0 Å². The molecule has 18 heavy (non-hydrogen) atoms. The zero-order chi connectivity index (χ0) is 12.4. The average Bonchev–Trinajstić information content (AvgIpc) is 2.87. The zero-order valence-corrected chi connectivity index (χ0v) is 11.5. The van der Waals surface area contributed by atoms with E-state index in [-0.39, 0.29) is 0 Å². The van der Waals surface area contributed by atoms with Crippen molar-refractivity contribution in [1.29, 1.82) is 0 Å². The quantitative estimate of drug-likeness (QED) is 0.669. The van der Waals surface area contributed by atoms with Gasteiger partial charge in [-0.05, 0) is 16.3 Å². The van der Waals surface area contributed by atoms with Crippen molar-refractivity contribution in [2.75, 3.05) is 0 Å². The van der Waals surface area contributed by atoms with E-state index in [0.29, 0.717) is 0 Å². The van der Waals surface area contributed by atoms with Gasteiger partial charge in [0, 0.05) is 18.1 Å². The van der Waals surface area contributed by atoms with Gasteiger partial charge in [0.15, 0.2) is 0 Å². The highest BCUT2D eigenvalue weighted by molar-refractivity contribution is 9.08. The van der Waals surface area contributed by atoms with E-state index in [4.69, 9.17) is 0 Å². The molecule has 0 saturated carbocycles. The Labute approximate surface area is 114 Å². The lowest BCUT2D eigenvalue weighted by molar-refractivity contribution is 0.802. The second-order valence-electron chi connectivity index (χ2n) is 4.31. The van der Waals surface area contributed by atoms with Gasteiger partial charge in [-0.15, -0.1) is 0 Å². The number of imidazole rings is 1. The molecule has 0 fully saturated rings. The molecule has 0 aliphatic heterocycles. The molecule has 0 saturated heterocycles. The third kappa shape index (κ3) is 2.18. The Balaban J connectivity index is 1.99. The van der Waals surface area contributed by atoms with Crippen LogP contribution in [0.2, 0.25) is 0 Å². The third-order valence-corrected chi connectivity index (χ3v) is 3.63. The van der Waals surface area contributed by atoms with Crippen LogP contribution in [0.3, 0.4) is 0 Å². The molecule has 0 radical (unpaired) electrons. The highest BCUT2D eigenvalue weighted by atomic mass is 79.9. The summed E-state index contributed by atoms with van der Waals surface area (Å²) in [5.41, 5.74) is 2.39. The number of rotatable bonds is 3. The second-order valence-corrected chi connectivity index (χ2v) is 4.87. The third-order valence-electron chi connectivity index (χ3n) is 3.06. The van der Waals surface area contributed by atoms with Crippen LogP contribution in [0, 0.1) is 0 Å². The summed E-state index contributed by atoms with van der Waals surface area (Å²) in [5.74, 6) is 0. The summed E-state index contributed by atoms with van der Waals surface area (Å²) < 4.78 is 2.12. The second kappa shape index (κ2) is 4.94. The van der Waals surface area contributed by atoms with Gasteiger partial charge in [-0.25, -0.2) is 4.98 Å². The smallest absolute Gasteiger partial charge is 0.0952 e. The van der Waals surface area contributed by atoms with Crippen molar-refractivity contribution in [2.45, 2.75) is 11.9 Å². The first-order valence-corrected chi connectivity index (χ1v) is 7.02. The molecule has 3 rings (SSSR count). The number of fused-ring (bicyclic) bond motifs is 1. The first-order chi connectivity index (χ1) is 8.86. The van der Waals surface area contributed by atoms with E-state index in [0.717, 1.165) is 17.6 Å². The lowest BCUT2D eigenvalue weighted by Gasteiger charge is -2.07. The molecule has 0 atom stereocenters. The van der Waals surface area contributed by atoms with Gasteiger partial charge in [0.25, 0.3) is 0 Å². The highest BCUT2D eigenvalue weighted by Crippen LogP contribution is 2.19. The Morgan fingerprint density at radius 3 is 2.72 bits per heavy atom. The van der Waals surface area contributed by atoms with E-state index in [1.165, 1.54) is 16.3 Å². The minimum absolute atomic E-state index is 0.801. The van der Waals surface area contributed by atoms with E-state index in [1.807, 2.05) is 6.33 Å². The van der Waals surface area contributed by atoms with E-state index < -0.39 is 0 Å². The van der Waals surface area contributed by atoms with Crippen LogP contribution in [0.4, 0.5) is 0 Å². The molecule has 0 unspecified atom stereocenters. The summed E-state index contributed by atoms with van der Waals surface area (Å²) >= 11 is 3.42. The van der Waals surface area contributed by atoms with Crippen LogP contribution in [-0.2, 0) is 11.9 Å². The molecule has 0 aliphatic carbocycles. The van der Waals surface area contributed by atoms with Crippen molar-refractivity contribution < 1.29 is 0 Å². The molecule has 1 aromatic heterocycles. The van der Waals surface area contributed by atoms with Crippen molar-refractivity contribution in [1.82, 2.24) is 9.55 Å². The molecule has 0 amide bonds. The van der Waals surface area contributed by atoms with Crippen LogP contribution in [0.25, 0.3) is 10.8 Å². The molecule has 1 heterocycles. The van der Waals surface area contributed by atoms with E-state index in [2.05, 4.69) is 74.1 Å². The largest absolute Gasteiger partial charge is 0.333 e. The van der Waals surface area contributed by atoms with Crippen molar-refractivity contribution >= 4 is 26.7 Å². The Morgan fingerprint density at radius 2 is 1.89 bits per heavy atom. The Kier molecular flexibility index (Phi) is 3.15. The number of benzene rings is 2. The Morgan fingerprint density at radius 1 is 1.06 bits per heavy atom. The van der Waals surface area contributed by atoms with Gasteiger partial charge in [0.2, 0.25) is 0 Å². The number of halogens is 1. The summed E-state index contributed by atoms with van der Waals surface area (Å²) in [5, 5.41) is 3.40. The molecule has 0 aliphatic rings. The monoisotopic (exact) mass is 300 g/mol. The molecule has 0 bridgehead atoms. The van der Waals surface area contributed by atoms with Gasteiger partial charge in [-0.3, -0.25) is 0 Å². The predicted molar refractivity (Wildman–Crippen MR) is 77.9 cm³/mol. The number of alkyl halides is 1. The summed E-state index contributed by atoms with van der Waals surface area (Å²) in [6.07, 6.45) is 3.97. The normalized spacial score (nSPS) is 10.9. The van der Waals surface area contributed by atoms with Crippen LogP contribution in [0.5, 0.6) is 0 Å². The van der Waals surface area contributed by atoms with Gasteiger partial charge in [0.05, 0.1) is 12.0 Å². The van der Waals surface area contributed by atoms with Gasteiger partial charge in [-0.1, -0.05) is 58.4 Å². The Bertz CT molecular complexity index is 668. The predicted octanol–water partition coefficient (Wildman–Crippen LogP) is 3.98. The molecular formula is C15H13BrN2. The fourth-order valence-corrected chi connectivity index (χ4v) is 2.48. The lowest BCUT2D eigenvalue weighted by Crippen LogP contribution is -1.97. The first-order valence-electron chi connectivity index (χ1n) is 5.90.